The lowest BCUT2D eigenvalue weighted by Gasteiger charge is -2.20. The monoisotopic (exact) mass is 394 g/mol. The van der Waals surface area contributed by atoms with Gasteiger partial charge in [0.1, 0.15) is 0 Å². The molecule has 160 valence electrons. The summed E-state index contributed by atoms with van der Waals surface area (Å²) in [5.41, 5.74) is 0.412. The second kappa shape index (κ2) is 11.8. The molecule has 1 aromatic rings. The van der Waals surface area contributed by atoms with Gasteiger partial charge in [-0.1, -0.05) is 55.4 Å². The number of benzene rings is 1. The van der Waals surface area contributed by atoms with Crippen LogP contribution in [0.15, 0.2) is 12.1 Å². The first kappa shape index (κ1) is 24.1. The first-order valence-corrected chi connectivity index (χ1v) is 10.3. The van der Waals surface area contributed by atoms with Crippen molar-refractivity contribution in [1.29, 1.82) is 0 Å². The molecule has 0 aliphatic carbocycles. The third-order valence-corrected chi connectivity index (χ3v) is 3.51. The minimum absolute atomic E-state index is 0.269. The van der Waals surface area contributed by atoms with Gasteiger partial charge in [0.15, 0.2) is 11.5 Å². The van der Waals surface area contributed by atoms with Gasteiger partial charge >= 0.3 is 5.97 Å². The summed E-state index contributed by atoms with van der Waals surface area (Å²) >= 11 is 0. The Morgan fingerprint density at radius 3 is 1.46 bits per heavy atom. The van der Waals surface area contributed by atoms with Crippen molar-refractivity contribution < 1.29 is 23.7 Å². The molecule has 0 N–H and O–H groups in total. The highest BCUT2D eigenvalue weighted by Crippen LogP contribution is 2.40. The molecule has 0 aliphatic heterocycles. The van der Waals surface area contributed by atoms with Gasteiger partial charge in [-0.25, -0.2) is 4.79 Å². The van der Waals surface area contributed by atoms with Crippen molar-refractivity contribution in [2.75, 3.05) is 26.4 Å². The summed E-state index contributed by atoms with van der Waals surface area (Å²) in [6.45, 7) is 18.4. The molecule has 28 heavy (non-hydrogen) atoms. The van der Waals surface area contributed by atoms with Crippen LogP contribution < -0.4 is 14.2 Å². The second-order valence-electron chi connectivity index (χ2n) is 8.91. The molecule has 0 amide bonds. The fourth-order valence-corrected chi connectivity index (χ4v) is 2.14. The third-order valence-electron chi connectivity index (χ3n) is 3.51. The molecule has 0 unspecified atom stereocenters. The first-order chi connectivity index (χ1) is 13.1. The highest BCUT2D eigenvalue weighted by Gasteiger charge is 2.21. The molecule has 0 aromatic heterocycles. The average molecular weight is 395 g/mol. The summed E-state index contributed by atoms with van der Waals surface area (Å²) in [4.78, 5) is 12.5. The Labute approximate surface area is 170 Å². The molecule has 0 spiro atoms. The first-order valence-electron chi connectivity index (χ1n) is 10.3. The van der Waals surface area contributed by atoms with E-state index >= 15 is 0 Å². The van der Waals surface area contributed by atoms with E-state index in [2.05, 4.69) is 41.5 Å². The van der Waals surface area contributed by atoms with Gasteiger partial charge in [-0.05, 0) is 35.8 Å². The Hall–Kier alpha value is -1.91. The Kier molecular flexibility index (Phi) is 10.2. The van der Waals surface area contributed by atoms with Crippen LogP contribution in [0.1, 0.15) is 65.7 Å². The molecule has 1 aromatic carbocycles. The summed E-state index contributed by atoms with van der Waals surface area (Å²) in [6, 6.07) is 3.39. The van der Waals surface area contributed by atoms with Gasteiger partial charge < -0.3 is 18.9 Å². The lowest BCUT2D eigenvalue weighted by molar-refractivity contribution is 0.0457. The van der Waals surface area contributed by atoms with E-state index < -0.39 is 0 Å². The average Bonchev–Trinajstić information content (AvgIpc) is 2.60. The molecular weight excluding hydrogens is 356 g/mol. The van der Waals surface area contributed by atoms with E-state index in [0.29, 0.717) is 67.0 Å². The standard InChI is InChI=1S/C23H38O5/c1-15(2)11-25-20-9-19(23(24)28-14-18(7)8)10-21(26-12-16(3)4)22(20)27-13-17(5)6/h9-10,15-18H,11-14H2,1-8H3. The molecule has 0 aliphatic rings. The van der Waals surface area contributed by atoms with Crippen molar-refractivity contribution in [1.82, 2.24) is 0 Å². The second-order valence-corrected chi connectivity index (χ2v) is 8.91. The third kappa shape index (κ3) is 8.85. The van der Waals surface area contributed by atoms with Crippen molar-refractivity contribution >= 4 is 5.97 Å². The number of carbonyl (C=O) groups is 1. The Morgan fingerprint density at radius 1 is 0.679 bits per heavy atom. The number of carbonyl (C=O) groups excluding carboxylic acids is 1. The van der Waals surface area contributed by atoms with E-state index in [1.54, 1.807) is 12.1 Å². The van der Waals surface area contributed by atoms with Gasteiger partial charge in [-0.15, -0.1) is 0 Å². The Balaban J connectivity index is 3.27. The van der Waals surface area contributed by atoms with Crippen LogP contribution in [0.4, 0.5) is 0 Å². The van der Waals surface area contributed by atoms with Crippen LogP contribution in [-0.2, 0) is 4.74 Å². The van der Waals surface area contributed by atoms with Crippen LogP contribution in [0, 0.1) is 23.7 Å². The quantitative estimate of drug-likeness (QED) is 0.432. The largest absolute Gasteiger partial charge is 0.489 e. The maximum Gasteiger partial charge on any atom is 0.338 e. The minimum atomic E-state index is -0.382. The van der Waals surface area contributed by atoms with E-state index in [1.807, 2.05) is 13.8 Å². The Morgan fingerprint density at radius 2 is 1.07 bits per heavy atom. The van der Waals surface area contributed by atoms with Crippen molar-refractivity contribution in [3.8, 4) is 17.2 Å². The smallest absolute Gasteiger partial charge is 0.338 e. The summed E-state index contributed by atoms with van der Waals surface area (Å²) < 4.78 is 23.4. The predicted octanol–water partition coefficient (Wildman–Crippen LogP) is 5.60. The van der Waals surface area contributed by atoms with Crippen LogP contribution in [-0.4, -0.2) is 32.4 Å². The van der Waals surface area contributed by atoms with Crippen molar-refractivity contribution in [2.45, 2.75) is 55.4 Å². The maximum atomic E-state index is 12.5. The van der Waals surface area contributed by atoms with Crippen molar-refractivity contribution in [3.05, 3.63) is 17.7 Å². The van der Waals surface area contributed by atoms with Gasteiger partial charge in [0.2, 0.25) is 5.75 Å². The number of hydrogen-bond acceptors (Lipinski definition) is 5. The van der Waals surface area contributed by atoms with E-state index in [4.69, 9.17) is 18.9 Å². The lowest BCUT2D eigenvalue weighted by atomic mass is 10.1. The van der Waals surface area contributed by atoms with Crippen LogP contribution in [0.5, 0.6) is 17.2 Å². The molecule has 0 saturated carbocycles. The lowest BCUT2D eigenvalue weighted by Crippen LogP contribution is -2.14. The molecule has 0 heterocycles. The van der Waals surface area contributed by atoms with Gasteiger partial charge in [-0.3, -0.25) is 0 Å². The van der Waals surface area contributed by atoms with E-state index in [1.165, 1.54) is 0 Å². The zero-order chi connectivity index (χ0) is 21.3. The summed E-state index contributed by atoms with van der Waals surface area (Å²) in [7, 11) is 0. The fraction of sp³-hybridized carbons (Fsp3) is 0.696. The highest BCUT2D eigenvalue weighted by molar-refractivity contribution is 5.91. The van der Waals surface area contributed by atoms with Crippen LogP contribution in [0.3, 0.4) is 0 Å². The number of esters is 1. The number of ether oxygens (including phenoxy) is 4. The zero-order valence-electron chi connectivity index (χ0n) is 18.8. The van der Waals surface area contributed by atoms with Gasteiger partial charge in [0.25, 0.3) is 0 Å². The van der Waals surface area contributed by atoms with Crippen LogP contribution in [0.25, 0.3) is 0 Å². The molecular formula is C23H38O5. The van der Waals surface area contributed by atoms with Gasteiger partial charge in [-0.2, -0.15) is 0 Å². The predicted molar refractivity (Wildman–Crippen MR) is 113 cm³/mol. The van der Waals surface area contributed by atoms with E-state index in [-0.39, 0.29) is 11.9 Å². The molecule has 0 saturated heterocycles. The Bertz CT molecular complexity index is 572. The summed E-state index contributed by atoms with van der Waals surface area (Å²) in [5.74, 6) is 2.52. The minimum Gasteiger partial charge on any atom is -0.489 e. The maximum absolute atomic E-state index is 12.5. The molecule has 0 fully saturated rings. The van der Waals surface area contributed by atoms with Gasteiger partial charge in [0, 0.05) is 0 Å². The fourth-order valence-electron chi connectivity index (χ4n) is 2.14. The van der Waals surface area contributed by atoms with Gasteiger partial charge in [0.05, 0.1) is 32.0 Å². The van der Waals surface area contributed by atoms with Crippen LogP contribution >= 0.6 is 0 Å². The van der Waals surface area contributed by atoms with E-state index in [9.17, 15) is 4.79 Å². The van der Waals surface area contributed by atoms with Crippen molar-refractivity contribution in [3.63, 3.8) is 0 Å². The topological polar surface area (TPSA) is 54.0 Å². The molecule has 0 bridgehead atoms. The molecule has 5 heteroatoms. The molecule has 1 rings (SSSR count). The molecule has 0 radical (unpaired) electrons. The zero-order valence-corrected chi connectivity index (χ0v) is 18.8. The molecule has 5 nitrogen and oxygen atoms in total. The molecule has 0 atom stereocenters. The highest BCUT2D eigenvalue weighted by atomic mass is 16.5. The number of rotatable bonds is 12. The summed E-state index contributed by atoms with van der Waals surface area (Å²) in [5, 5.41) is 0. The van der Waals surface area contributed by atoms with Crippen molar-refractivity contribution in [2.24, 2.45) is 23.7 Å². The summed E-state index contributed by atoms with van der Waals surface area (Å²) in [6.07, 6.45) is 0. The number of hydrogen-bond donors (Lipinski definition) is 0. The normalized spacial score (nSPS) is 11.4. The SMILES string of the molecule is CC(C)COC(=O)c1cc(OCC(C)C)c(OCC(C)C)c(OCC(C)C)c1. The van der Waals surface area contributed by atoms with Crippen LogP contribution in [0.2, 0.25) is 0 Å². The van der Waals surface area contributed by atoms with E-state index in [0.717, 1.165) is 0 Å².